The first-order valence-electron chi connectivity index (χ1n) is 15.5. The summed E-state index contributed by atoms with van der Waals surface area (Å²) >= 11 is 0. The highest BCUT2D eigenvalue weighted by Crippen LogP contribution is 2.45. The van der Waals surface area contributed by atoms with Gasteiger partial charge in [-0.2, -0.15) is 5.06 Å². The second-order valence-electron chi connectivity index (χ2n) is 13.7. The number of rotatable bonds is 5. The Morgan fingerprint density at radius 3 is 2.14 bits per heavy atom. The zero-order valence-corrected chi connectivity index (χ0v) is 26.7. The number of fused-ring (bicyclic) bond motifs is 4. The van der Waals surface area contributed by atoms with E-state index in [9.17, 15) is 0 Å². The summed E-state index contributed by atoms with van der Waals surface area (Å²) in [6.07, 6.45) is 1.93. The third-order valence-corrected chi connectivity index (χ3v) is 8.96. The molecule has 0 aliphatic carbocycles. The Morgan fingerprint density at radius 2 is 1.36 bits per heavy atom. The van der Waals surface area contributed by atoms with Gasteiger partial charge in [-0.25, -0.2) is 10.0 Å². The van der Waals surface area contributed by atoms with Gasteiger partial charge >= 0.3 is 0 Å². The Kier molecular flexibility index (Phi) is 6.56. The molecule has 0 fully saturated rings. The molecule has 0 amide bonds. The maximum absolute atomic E-state index is 6.49. The van der Waals surface area contributed by atoms with Gasteiger partial charge in [-0.05, 0) is 91.9 Å². The summed E-state index contributed by atoms with van der Waals surface area (Å²) in [4.78, 5) is 11.3. The van der Waals surface area contributed by atoms with Gasteiger partial charge in [-0.3, -0.25) is 4.57 Å². The molecule has 0 saturated carbocycles. The first kappa shape index (κ1) is 28.2. The quantitative estimate of drug-likeness (QED) is 0.203. The molecule has 1 aliphatic heterocycles. The van der Waals surface area contributed by atoms with Crippen LogP contribution in [0.25, 0.3) is 27.6 Å². The molecule has 0 atom stereocenters. The van der Waals surface area contributed by atoms with E-state index in [1.807, 2.05) is 16.3 Å². The lowest BCUT2D eigenvalue weighted by atomic mass is 9.77. The van der Waals surface area contributed by atoms with Crippen molar-refractivity contribution in [1.29, 1.82) is 0 Å². The van der Waals surface area contributed by atoms with Crippen molar-refractivity contribution in [3.63, 3.8) is 0 Å². The summed E-state index contributed by atoms with van der Waals surface area (Å²) in [7, 11) is 0. The number of nitrogens with zero attached hydrogens (tertiary/aromatic N) is 4. The van der Waals surface area contributed by atoms with Crippen LogP contribution in [-0.4, -0.2) is 15.1 Å². The van der Waals surface area contributed by atoms with E-state index in [0.717, 1.165) is 22.9 Å². The zero-order valence-electron chi connectivity index (χ0n) is 26.7. The van der Waals surface area contributed by atoms with Crippen molar-refractivity contribution in [2.45, 2.75) is 65.3 Å². The number of anilines is 3. The second-order valence-corrected chi connectivity index (χ2v) is 13.7. The van der Waals surface area contributed by atoms with E-state index in [4.69, 9.17) is 9.92 Å². The maximum Gasteiger partial charge on any atom is 0.137 e. The predicted molar refractivity (Wildman–Crippen MR) is 183 cm³/mol. The van der Waals surface area contributed by atoms with E-state index < -0.39 is 0 Å². The van der Waals surface area contributed by atoms with Crippen LogP contribution < -0.4 is 10.1 Å². The van der Waals surface area contributed by atoms with Gasteiger partial charge in [-0.1, -0.05) is 82.3 Å². The lowest BCUT2D eigenvalue weighted by Crippen LogP contribution is -2.41. The number of pyridine rings is 1. The van der Waals surface area contributed by atoms with Crippen LogP contribution >= 0.6 is 0 Å². The second kappa shape index (κ2) is 10.2. The molecule has 2 aromatic heterocycles. The van der Waals surface area contributed by atoms with Gasteiger partial charge in [0.25, 0.3) is 0 Å². The smallest absolute Gasteiger partial charge is 0.137 e. The molecule has 0 saturated heterocycles. The molecule has 0 N–H and O–H groups in total. The van der Waals surface area contributed by atoms with E-state index in [-0.39, 0.29) is 11.0 Å². The lowest BCUT2D eigenvalue weighted by Gasteiger charge is -2.32. The number of para-hydroxylation sites is 3. The van der Waals surface area contributed by atoms with Crippen LogP contribution in [0.5, 0.6) is 0 Å². The first-order valence-corrected chi connectivity index (χ1v) is 15.5. The van der Waals surface area contributed by atoms with Gasteiger partial charge in [0, 0.05) is 22.4 Å². The number of hydrogen-bond donors (Lipinski definition) is 0. The van der Waals surface area contributed by atoms with E-state index in [2.05, 4.69) is 156 Å². The summed E-state index contributed by atoms with van der Waals surface area (Å²) < 4.78 is 2.32. The molecule has 0 radical (unpaired) electrons. The fourth-order valence-corrected chi connectivity index (χ4v) is 6.36. The Labute approximate surface area is 260 Å². The number of hydroxylamine groups is 1. The molecule has 222 valence electrons. The number of aromatic nitrogens is 2. The molecule has 1 aliphatic rings. The average molecular weight is 581 g/mol. The summed E-state index contributed by atoms with van der Waals surface area (Å²) in [6.45, 7) is 15.6. The Balaban J connectivity index is 1.34. The van der Waals surface area contributed by atoms with Crippen LogP contribution in [-0.2, 0) is 10.4 Å². The minimum absolute atomic E-state index is 0.195. The molecule has 5 nitrogen and oxygen atoms in total. The van der Waals surface area contributed by atoms with Crippen molar-refractivity contribution in [2.24, 2.45) is 0 Å². The molecule has 7 rings (SSSR count). The number of benzene rings is 4. The minimum atomic E-state index is -0.276. The molecule has 44 heavy (non-hydrogen) atoms. The molecular weight excluding hydrogens is 540 g/mol. The fraction of sp³-hybridized carbons (Fsp3) is 0.256. The lowest BCUT2D eigenvalue weighted by molar-refractivity contribution is 0.0842. The Hall–Kier alpha value is -4.61. The molecule has 0 bridgehead atoms. The highest BCUT2D eigenvalue weighted by molar-refractivity contribution is 6.09. The van der Waals surface area contributed by atoms with Crippen molar-refractivity contribution < 1.29 is 4.94 Å². The summed E-state index contributed by atoms with van der Waals surface area (Å²) in [5.41, 5.74) is 8.71. The van der Waals surface area contributed by atoms with Crippen molar-refractivity contribution in [3.05, 3.63) is 126 Å². The van der Waals surface area contributed by atoms with Crippen LogP contribution in [0, 0.1) is 0 Å². The van der Waals surface area contributed by atoms with Crippen LogP contribution in [0.3, 0.4) is 0 Å². The monoisotopic (exact) mass is 580 g/mol. The van der Waals surface area contributed by atoms with Gasteiger partial charge in [0.1, 0.15) is 5.82 Å². The number of hydrogen-bond acceptors (Lipinski definition) is 4. The van der Waals surface area contributed by atoms with Gasteiger partial charge in [0.15, 0.2) is 0 Å². The zero-order chi connectivity index (χ0) is 30.8. The fourth-order valence-electron chi connectivity index (χ4n) is 6.36. The minimum Gasteiger partial charge on any atom is -0.294 e. The van der Waals surface area contributed by atoms with E-state index in [1.165, 1.54) is 38.5 Å². The Morgan fingerprint density at radius 1 is 0.659 bits per heavy atom. The van der Waals surface area contributed by atoms with E-state index in [0.29, 0.717) is 5.92 Å². The largest absolute Gasteiger partial charge is 0.294 e. The topological polar surface area (TPSA) is 33.5 Å². The first-order chi connectivity index (χ1) is 21.0. The van der Waals surface area contributed by atoms with Gasteiger partial charge in [0.05, 0.1) is 33.6 Å². The van der Waals surface area contributed by atoms with Crippen LogP contribution in [0.2, 0.25) is 0 Å². The highest BCUT2D eigenvalue weighted by Gasteiger charge is 2.36. The van der Waals surface area contributed by atoms with Crippen LogP contribution in [0.1, 0.15) is 71.1 Å². The molecular formula is C39H40N4O. The summed E-state index contributed by atoms with van der Waals surface area (Å²) in [5, 5.41) is 6.41. The van der Waals surface area contributed by atoms with Gasteiger partial charge in [0.2, 0.25) is 0 Å². The van der Waals surface area contributed by atoms with Gasteiger partial charge in [-0.15, -0.1) is 4.94 Å². The standard InChI is InChI=1S/C39H40N4O/c1-26(2)27-21-22-40-37(23-27)41-33-16-9-8-15-31(33)32-20-19-29(25-36(32)41)39(6,7)28-13-12-14-30(24-28)42-34-17-10-11-18-35(34)43(44-42)38(3,4)5/h8-26H,1-7H3. The predicted octanol–water partition coefficient (Wildman–Crippen LogP) is 10.2. The third-order valence-electron chi connectivity index (χ3n) is 8.96. The average Bonchev–Trinajstić information content (AvgIpc) is 3.58. The molecule has 4 aromatic carbocycles. The SMILES string of the molecule is CC(C)c1ccnc(-n2c3ccccc3c3ccc(C(C)(C)c4cccc(N5ON(C(C)(C)C)c6ccccc65)c4)cc32)c1. The van der Waals surface area contributed by atoms with Crippen LogP contribution in [0.15, 0.2) is 109 Å². The highest BCUT2D eigenvalue weighted by atomic mass is 16.8. The maximum atomic E-state index is 6.49. The molecule has 0 unspecified atom stereocenters. The third kappa shape index (κ3) is 4.54. The Bertz CT molecular complexity index is 2010. The molecule has 0 spiro atoms. The van der Waals surface area contributed by atoms with E-state index in [1.54, 1.807) is 0 Å². The van der Waals surface area contributed by atoms with Crippen molar-refractivity contribution in [2.75, 3.05) is 10.1 Å². The molecule has 3 heterocycles. The van der Waals surface area contributed by atoms with Crippen LogP contribution in [0.4, 0.5) is 17.1 Å². The summed E-state index contributed by atoms with van der Waals surface area (Å²) in [5.74, 6) is 1.38. The molecule has 5 heteroatoms. The van der Waals surface area contributed by atoms with E-state index >= 15 is 0 Å². The normalized spacial score (nSPS) is 13.8. The van der Waals surface area contributed by atoms with Gasteiger partial charge < -0.3 is 0 Å². The van der Waals surface area contributed by atoms with Crippen molar-refractivity contribution in [3.8, 4) is 5.82 Å². The van der Waals surface area contributed by atoms with Crippen molar-refractivity contribution in [1.82, 2.24) is 9.55 Å². The van der Waals surface area contributed by atoms with Crippen molar-refractivity contribution >= 4 is 38.9 Å². The summed E-state index contributed by atoms with van der Waals surface area (Å²) in [6, 6.07) is 37.0. The molecule has 6 aromatic rings.